The molecule has 1 heterocycles. The number of carboxylic acid groups (broad SMARTS) is 1. The van der Waals surface area contributed by atoms with Crippen molar-refractivity contribution in [2.45, 2.75) is 37.8 Å². The minimum absolute atomic E-state index is 0.0745. The van der Waals surface area contributed by atoms with Crippen LogP contribution in [0.25, 0.3) is 0 Å². The lowest BCUT2D eigenvalue weighted by Gasteiger charge is -2.16. The first-order valence-corrected chi connectivity index (χ1v) is 7.39. The fourth-order valence-electron chi connectivity index (χ4n) is 2.99. The average molecular weight is 310 g/mol. The molecular weight excluding hydrogens is 294 g/mol. The molecule has 1 aromatic rings. The molecule has 1 aliphatic carbocycles. The quantitative estimate of drug-likeness (QED) is 0.895. The number of hydrogen-bond donors (Lipinski definition) is 2. The second kappa shape index (κ2) is 5.56. The molecule has 1 saturated carbocycles. The van der Waals surface area contributed by atoms with Crippen LogP contribution in [0.5, 0.6) is 5.75 Å². The Morgan fingerprint density at radius 1 is 1.33 bits per heavy atom. The van der Waals surface area contributed by atoms with Gasteiger partial charge in [-0.15, -0.1) is 0 Å². The number of carbonyl (C=O) groups is 2. The van der Waals surface area contributed by atoms with E-state index in [-0.39, 0.29) is 17.9 Å². The summed E-state index contributed by atoms with van der Waals surface area (Å²) >= 11 is 5.92. The molecule has 1 aliphatic heterocycles. The number of amides is 1. The van der Waals surface area contributed by atoms with E-state index in [0.717, 1.165) is 5.56 Å². The zero-order valence-electron chi connectivity index (χ0n) is 11.3. The van der Waals surface area contributed by atoms with Crippen LogP contribution in [0.15, 0.2) is 18.2 Å². The standard InChI is InChI=1S/C15H16ClNO4/c16-10-2-4-12-9(5-10)7-13(21-12)14(18)17-11-3-1-8(6-11)15(19)20/h2,4-5,8,11,13H,1,3,6-7H2,(H,17,18)(H,19,20). The Kier molecular flexibility index (Phi) is 3.76. The normalized spacial score (nSPS) is 27.0. The maximum absolute atomic E-state index is 12.2. The zero-order valence-corrected chi connectivity index (χ0v) is 12.1. The molecule has 0 aromatic heterocycles. The maximum Gasteiger partial charge on any atom is 0.306 e. The van der Waals surface area contributed by atoms with Gasteiger partial charge in [-0.2, -0.15) is 0 Å². The van der Waals surface area contributed by atoms with Crippen LogP contribution in [0.2, 0.25) is 5.02 Å². The fourth-order valence-corrected chi connectivity index (χ4v) is 3.19. The van der Waals surface area contributed by atoms with Crippen LogP contribution in [0.4, 0.5) is 0 Å². The summed E-state index contributed by atoms with van der Waals surface area (Å²) in [6.07, 6.45) is 1.75. The number of benzene rings is 1. The highest BCUT2D eigenvalue weighted by Gasteiger charge is 2.34. The van der Waals surface area contributed by atoms with E-state index in [0.29, 0.717) is 36.5 Å². The number of carbonyl (C=O) groups excluding carboxylic acids is 1. The molecule has 0 spiro atoms. The molecule has 3 atom stereocenters. The number of nitrogens with one attached hydrogen (secondary N) is 1. The molecule has 0 bridgehead atoms. The Morgan fingerprint density at radius 2 is 2.14 bits per heavy atom. The van der Waals surface area contributed by atoms with Gasteiger partial charge in [0, 0.05) is 17.5 Å². The maximum atomic E-state index is 12.2. The molecule has 6 heteroatoms. The van der Waals surface area contributed by atoms with Gasteiger partial charge >= 0.3 is 5.97 Å². The number of rotatable bonds is 3. The predicted molar refractivity (Wildman–Crippen MR) is 76.5 cm³/mol. The lowest BCUT2D eigenvalue weighted by molar-refractivity contribution is -0.141. The van der Waals surface area contributed by atoms with E-state index in [1.807, 2.05) is 0 Å². The third kappa shape index (κ3) is 2.97. The van der Waals surface area contributed by atoms with E-state index in [2.05, 4.69) is 5.32 Å². The van der Waals surface area contributed by atoms with E-state index in [4.69, 9.17) is 21.4 Å². The molecule has 0 saturated heterocycles. The summed E-state index contributed by atoms with van der Waals surface area (Å²) in [6.45, 7) is 0. The second-order valence-corrected chi connectivity index (χ2v) is 6.05. The highest BCUT2D eigenvalue weighted by atomic mass is 35.5. The van der Waals surface area contributed by atoms with Crippen molar-refractivity contribution in [2.24, 2.45) is 5.92 Å². The first kappa shape index (κ1) is 14.2. The molecule has 5 nitrogen and oxygen atoms in total. The second-order valence-electron chi connectivity index (χ2n) is 5.62. The van der Waals surface area contributed by atoms with Gasteiger partial charge in [-0.1, -0.05) is 11.6 Å². The van der Waals surface area contributed by atoms with Crippen molar-refractivity contribution in [3.63, 3.8) is 0 Å². The fraction of sp³-hybridized carbons (Fsp3) is 0.467. The van der Waals surface area contributed by atoms with Crippen molar-refractivity contribution in [3.05, 3.63) is 28.8 Å². The summed E-state index contributed by atoms with van der Waals surface area (Å²) in [5, 5.41) is 12.5. The van der Waals surface area contributed by atoms with Gasteiger partial charge in [-0.25, -0.2) is 0 Å². The van der Waals surface area contributed by atoms with E-state index in [1.165, 1.54) is 0 Å². The first-order valence-electron chi connectivity index (χ1n) is 7.01. The summed E-state index contributed by atoms with van der Waals surface area (Å²) in [5.74, 6) is -0.630. The van der Waals surface area contributed by atoms with Gasteiger partial charge in [0.15, 0.2) is 6.10 Å². The minimum atomic E-state index is -0.786. The van der Waals surface area contributed by atoms with Gasteiger partial charge in [-0.05, 0) is 43.0 Å². The molecule has 2 aliphatic rings. The number of hydrogen-bond acceptors (Lipinski definition) is 3. The largest absolute Gasteiger partial charge is 0.481 e. The molecule has 0 radical (unpaired) electrons. The number of halogens is 1. The third-order valence-electron chi connectivity index (χ3n) is 4.12. The minimum Gasteiger partial charge on any atom is -0.481 e. The molecule has 2 N–H and O–H groups in total. The number of ether oxygens (including phenoxy) is 1. The topological polar surface area (TPSA) is 75.6 Å². The van der Waals surface area contributed by atoms with Gasteiger partial charge in [0.25, 0.3) is 5.91 Å². The van der Waals surface area contributed by atoms with E-state index in [1.54, 1.807) is 18.2 Å². The van der Waals surface area contributed by atoms with Gasteiger partial charge in [0.1, 0.15) is 5.75 Å². The number of carboxylic acids is 1. The summed E-state index contributed by atoms with van der Waals surface area (Å²) < 4.78 is 5.62. The molecule has 1 amide bonds. The van der Waals surface area contributed by atoms with E-state index < -0.39 is 12.1 Å². The Morgan fingerprint density at radius 3 is 2.86 bits per heavy atom. The number of aliphatic carboxylic acids is 1. The zero-order chi connectivity index (χ0) is 15.0. The van der Waals surface area contributed by atoms with Gasteiger partial charge in [-0.3, -0.25) is 9.59 Å². The van der Waals surface area contributed by atoms with Crippen molar-refractivity contribution in [3.8, 4) is 5.75 Å². The van der Waals surface area contributed by atoms with Crippen LogP contribution < -0.4 is 10.1 Å². The van der Waals surface area contributed by atoms with Crippen molar-refractivity contribution in [2.75, 3.05) is 0 Å². The smallest absolute Gasteiger partial charge is 0.306 e. The van der Waals surface area contributed by atoms with Crippen LogP contribution in [0.1, 0.15) is 24.8 Å². The highest BCUT2D eigenvalue weighted by Crippen LogP contribution is 2.32. The predicted octanol–water partition coefficient (Wildman–Crippen LogP) is 2.01. The van der Waals surface area contributed by atoms with Gasteiger partial charge in [0.2, 0.25) is 0 Å². The van der Waals surface area contributed by atoms with Crippen molar-refractivity contribution < 1.29 is 19.4 Å². The summed E-state index contributed by atoms with van der Waals surface area (Å²) in [4.78, 5) is 23.1. The van der Waals surface area contributed by atoms with Crippen molar-refractivity contribution in [1.82, 2.24) is 5.32 Å². The molecule has 21 heavy (non-hydrogen) atoms. The number of fused-ring (bicyclic) bond motifs is 1. The lowest BCUT2D eigenvalue weighted by Crippen LogP contribution is -2.42. The molecule has 3 rings (SSSR count). The van der Waals surface area contributed by atoms with Crippen molar-refractivity contribution >= 4 is 23.5 Å². The molecule has 3 unspecified atom stereocenters. The molecule has 1 fully saturated rings. The molecular formula is C15H16ClNO4. The third-order valence-corrected chi connectivity index (χ3v) is 4.35. The Balaban J connectivity index is 1.57. The van der Waals surface area contributed by atoms with Crippen LogP contribution >= 0.6 is 11.6 Å². The highest BCUT2D eigenvalue weighted by molar-refractivity contribution is 6.30. The van der Waals surface area contributed by atoms with Crippen LogP contribution in [-0.4, -0.2) is 29.1 Å². The van der Waals surface area contributed by atoms with Gasteiger partial charge in [0.05, 0.1) is 5.92 Å². The van der Waals surface area contributed by atoms with Gasteiger partial charge < -0.3 is 15.2 Å². The van der Waals surface area contributed by atoms with Crippen molar-refractivity contribution in [1.29, 1.82) is 0 Å². The summed E-state index contributed by atoms with van der Waals surface area (Å²) in [5.41, 5.74) is 0.928. The molecule has 112 valence electrons. The summed E-state index contributed by atoms with van der Waals surface area (Å²) in [6, 6.07) is 5.23. The first-order chi connectivity index (χ1) is 10.0. The van der Waals surface area contributed by atoms with Crippen LogP contribution in [-0.2, 0) is 16.0 Å². The molecule has 1 aromatic carbocycles. The van der Waals surface area contributed by atoms with E-state index in [9.17, 15) is 9.59 Å². The average Bonchev–Trinajstić information content (AvgIpc) is 3.04. The monoisotopic (exact) mass is 309 g/mol. The van der Waals surface area contributed by atoms with Crippen LogP contribution in [0, 0.1) is 5.92 Å². The Hall–Kier alpha value is -1.75. The lowest BCUT2D eigenvalue weighted by atomic mass is 10.1. The Labute approximate surface area is 127 Å². The van der Waals surface area contributed by atoms with Crippen LogP contribution in [0.3, 0.4) is 0 Å². The Bertz CT molecular complexity index is 589. The summed E-state index contributed by atoms with van der Waals surface area (Å²) in [7, 11) is 0. The van der Waals surface area contributed by atoms with E-state index >= 15 is 0 Å². The SMILES string of the molecule is O=C(O)C1CCC(NC(=O)C2Cc3cc(Cl)ccc3O2)C1.